The molecule has 2 aliphatic carbocycles. The second-order valence-corrected chi connectivity index (χ2v) is 6.96. The topological polar surface area (TPSA) is 49.3 Å². The Bertz CT molecular complexity index is 496. The highest BCUT2D eigenvalue weighted by Gasteiger charge is 2.52. The minimum absolute atomic E-state index is 0.144. The highest BCUT2D eigenvalue weighted by atomic mass is 79.9. The van der Waals surface area contributed by atoms with Gasteiger partial charge in [-0.05, 0) is 43.4 Å². The van der Waals surface area contributed by atoms with Gasteiger partial charge < -0.3 is 10.4 Å². The first-order chi connectivity index (χ1) is 9.65. The van der Waals surface area contributed by atoms with E-state index in [-0.39, 0.29) is 29.9 Å². The highest BCUT2D eigenvalue weighted by Crippen LogP contribution is 2.49. The van der Waals surface area contributed by atoms with Crippen molar-refractivity contribution >= 4 is 21.8 Å². The summed E-state index contributed by atoms with van der Waals surface area (Å²) in [4.78, 5) is 12.6. The second-order valence-electron chi connectivity index (χ2n) is 6.04. The van der Waals surface area contributed by atoms with Crippen molar-refractivity contribution in [2.75, 3.05) is 6.61 Å². The van der Waals surface area contributed by atoms with Gasteiger partial charge in [-0.25, -0.2) is 0 Å². The van der Waals surface area contributed by atoms with E-state index in [1.807, 2.05) is 24.3 Å². The number of aliphatic hydroxyl groups excluding tert-OH is 1. The standard InChI is InChI=1S/C16H20BrNO2/c17-13-6-4-12(5-7-13)16(8-9-16)15(20)18-14-3-1-2-11(14)10-19/h4-7,11,14,19H,1-3,8-10H2,(H,18,20). The number of amides is 1. The van der Waals surface area contributed by atoms with Crippen LogP contribution in [0.25, 0.3) is 0 Å². The number of halogens is 1. The first-order valence-electron chi connectivity index (χ1n) is 7.33. The summed E-state index contributed by atoms with van der Waals surface area (Å²) in [5.41, 5.74) is 0.792. The number of carbonyl (C=O) groups is 1. The van der Waals surface area contributed by atoms with Crippen LogP contribution in [0.2, 0.25) is 0 Å². The van der Waals surface area contributed by atoms with Crippen LogP contribution in [-0.4, -0.2) is 23.7 Å². The van der Waals surface area contributed by atoms with Gasteiger partial charge >= 0.3 is 0 Å². The fourth-order valence-corrected chi connectivity index (χ4v) is 3.56. The number of nitrogens with one attached hydrogen (secondary N) is 1. The van der Waals surface area contributed by atoms with Gasteiger partial charge in [0.1, 0.15) is 0 Å². The minimum Gasteiger partial charge on any atom is -0.396 e. The Balaban J connectivity index is 1.72. The van der Waals surface area contributed by atoms with Crippen LogP contribution in [-0.2, 0) is 10.2 Å². The van der Waals surface area contributed by atoms with Gasteiger partial charge in [0.2, 0.25) is 5.91 Å². The zero-order valence-electron chi connectivity index (χ0n) is 11.4. The maximum Gasteiger partial charge on any atom is 0.230 e. The predicted molar refractivity (Wildman–Crippen MR) is 81.4 cm³/mol. The van der Waals surface area contributed by atoms with E-state index in [1.165, 1.54) is 0 Å². The van der Waals surface area contributed by atoms with Crippen molar-refractivity contribution in [2.45, 2.75) is 43.6 Å². The summed E-state index contributed by atoms with van der Waals surface area (Å²) in [5, 5.41) is 12.5. The van der Waals surface area contributed by atoms with E-state index in [9.17, 15) is 9.90 Å². The van der Waals surface area contributed by atoms with Crippen LogP contribution in [0, 0.1) is 5.92 Å². The molecule has 0 spiro atoms. The number of benzene rings is 1. The quantitative estimate of drug-likeness (QED) is 0.887. The Morgan fingerprint density at radius 3 is 2.60 bits per heavy atom. The van der Waals surface area contributed by atoms with Gasteiger partial charge in [0.25, 0.3) is 0 Å². The third-order valence-electron chi connectivity index (χ3n) is 4.79. The molecule has 0 radical (unpaired) electrons. The molecular weight excluding hydrogens is 318 g/mol. The van der Waals surface area contributed by atoms with Gasteiger partial charge in [0.15, 0.2) is 0 Å². The zero-order chi connectivity index (χ0) is 14.2. The van der Waals surface area contributed by atoms with Crippen molar-refractivity contribution in [1.29, 1.82) is 0 Å². The van der Waals surface area contributed by atoms with Crippen molar-refractivity contribution in [3.05, 3.63) is 34.3 Å². The van der Waals surface area contributed by atoms with E-state index in [1.54, 1.807) is 0 Å². The molecule has 2 aliphatic rings. The van der Waals surface area contributed by atoms with Gasteiger partial charge in [-0.2, -0.15) is 0 Å². The Morgan fingerprint density at radius 1 is 1.30 bits per heavy atom. The lowest BCUT2D eigenvalue weighted by atomic mass is 9.94. The van der Waals surface area contributed by atoms with Gasteiger partial charge in [-0.3, -0.25) is 4.79 Å². The maximum absolute atomic E-state index is 12.6. The molecule has 3 rings (SSSR count). The summed E-state index contributed by atoms with van der Waals surface area (Å²) < 4.78 is 1.04. The van der Waals surface area contributed by atoms with Crippen molar-refractivity contribution in [2.24, 2.45) is 5.92 Å². The fourth-order valence-electron chi connectivity index (χ4n) is 3.29. The van der Waals surface area contributed by atoms with Crippen LogP contribution in [0.15, 0.2) is 28.7 Å². The molecule has 4 heteroatoms. The van der Waals surface area contributed by atoms with Crippen LogP contribution in [0.3, 0.4) is 0 Å². The first-order valence-corrected chi connectivity index (χ1v) is 8.13. The average molecular weight is 338 g/mol. The SMILES string of the molecule is O=C(NC1CCCC1CO)C1(c2ccc(Br)cc2)CC1. The minimum atomic E-state index is -0.316. The molecule has 2 unspecified atom stereocenters. The number of hydrogen-bond donors (Lipinski definition) is 2. The molecule has 0 heterocycles. The summed E-state index contributed by atoms with van der Waals surface area (Å²) in [5.74, 6) is 0.379. The molecule has 1 amide bonds. The van der Waals surface area contributed by atoms with E-state index in [4.69, 9.17) is 0 Å². The van der Waals surface area contributed by atoms with Crippen molar-refractivity contribution in [3.8, 4) is 0 Å². The molecule has 3 nitrogen and oxygen atoms in total. The number of carbonyl (C=O) groups excluding carboxylic acids is 1. The molecule has 2 atom stereocenters. The Kier molecular flexibility index (Phi) is 3.87. The zero-order valence-corrected chi connectivity index (χ0v) is 13.0. The number of hydrogen-bond acceptors (Lipinski definition) is 2. The van der Waals surface area contributed by atoms with Crippen LogP contribution in [0.5, 0.6) is 0 Å². The van der Waals surface area contributed by atoms with E-state index in [0.29, 0.717) is 0 Å². The molecule has 108 valence electrons. The second kappa shape index (κ2) is 5.49. The molecule has 1 aromatic rings. The van der Waals surface area contributed by atoms with Crippen molar-refractivity contribution < 1.29 is 9.90 Å². The van der Waals surface area contributed by atoms with Crippen LogP contribution in [0.4, 0.5) is 0 Å². The summed E-state index contributed by atoms with van der Waals surface area (Å²) in [6, 6.07) is 8.22. The van der Waals surface area contributed by atoms with Crippen LogP contribution >= 0.6 is 15.9 Å². The van der Waals surface area contributed by atoms with E-state index >= 15 is 0 Å². The first kappa shape index (κ1) is 14.1. The molecule has 2 N–H and O–H groups in total. The lowest BCUT2D eigenvalue weighted by Crippen LogP contribution is -2.44. The van der Waals surface area contributed by atoms with Crippen LogP contribution < -0.4 is 5.32 Å². The third-order valence-corrected chi connectivity index (χ3v) is 5.32. The number of rotatable bonds is 4. The van der Waals surface area contributed by atoms with Crippen molar-refractivity contribution in [3.63, 3.8) is 0 Å². The van der Waals surface area contributed by atoms with Crippen LogP contribution in [0.1, 0.15) is 37.7 Å². The predicted octanol–water partition coefficient (Wildman–Crippen LogP) is 2.76. The number of aliphatic hydroxyl groups is 1. The smallest absolute Gasteiger partial charge is 0.230 e. The summed E-state index contributed by atoms with van der Waals surface area (Å²) in [6.45, 7) is 0.177. The van der Waals surface area contributed by atoms with E-state index < -0.39 is 0 Å². The molecule has 1 aromatic carbocycles. The van der Waals surface area contributed by atoms with Gasteiger partial charge in [-0.15, -0.1) is 0 Å². The van der Waals surface area contributed by atoms with E-state index in [0.717, 1.165) is 42.1 Å². The molecule has 20 heavy (non-hydrogen) atoms. The van der Waals surface area contributed by atoms with Gasteiger partial charge in [0.05, 0.1) is 5.41 Å². The largest absolute Gasteiger partial charge is 0.396 e. The summed E-state index contributed by atoms with van der Waals surface area (Å²) >= 11 is 3.43. The molecule has 0 aliphatic heterocycles. The normalized spacial score (nSPS) is 27.3. The lowest BCUT2D eigenvalue weighted by molar-refractivity contribution is -0.124. The fraction of sp³-hybridized carbons (Fsp3) is 0.562. The molecule has 2 saturated carbocycles. The Labute approximate surface area is 127 Å². The summed E-state index contributed by atoms with van der Waals surface area (Å²) in [6.07, 6.45) is 4.97. The molecule has 0 saturated heterocycles. The lowest BCUT2D eigenvalue weighted by Gasteiger charge is -2.23. The third kappa shape index (κ3) is 2.51. The van der Waals surface area contributed by atoms with Crippen molar-refractivity contribution in [1.82, 2.24) is 5.32 Å². The van der Waals surface area contributed by atoms with E-state index in [2.05, 4.69) is 21.2 Å². The molecule has 0 bridgehead atoms. The monoisotopic (exact) mass is 337 g/mol. The van der Waals surface area contributed by atoms with Gasteiger partial charge in [-0.1, -0.05) is 34.5 Å². The molecular formula is C16H20BrNO2. The molecule has 0 aromatic heterocycles. The molecule has 2 fully saturated rings. The summed E-state index contributed by atoms with van der Waals surface area (Å²) in [7, 11) is 0. The Hall–Kier alpha value is -0.870. The average Bonchev–Trinajstić information content (AvgIpc) is 3.15. The maximum atomic E-state index is 12.6. The Morgan fingerprint density at radius 2 is 2.00 bits per heavy atom. The van der Waals surface area contributed by atoms with Gasteiger partial charge in [0, 0.05) is 23.0 Å². The highest BCUT2D eigenvalue weighted by molar-refractivity contribution is 9.10.